The molecule has 0 spiro atoms. The second-order valence-corrected chi connectivity index (χ2v) is 6.12. The largest absolute Gasteiger partial charge is 0.330 e. The first-order chi connectivity index (χ1) is 10.4. The number of unbranched alkanes of at least 4 members (excludes halogenated alkanes) is 2. The maximum absolute atomic E-state index is 5.55. The molecule has 1 fully saturated rings. The second-order valence-electron chi connectivity index (χ2n) is 6.12. The van der Waals surface area contributed by atoms with Gasteiger partial charge in [0.1, 0.15) is 0 Å². The van der Waals surface area contributed by atoms with Gasteiger partial charge in [0.25, 0.3) is 0 Å². The molecule has 3 nitrogen and oxygen atoms in total. The lowest BCUT2D eigenvalue weighted by molar-refractivity contribution is 0.254. The van der Waals surface area contributed by atoms with Crippen LogP contribution in [0.25, 0.3) is 0 Å². The number of nitrogens with zero attached hydrogens (tertiary/aromatic N) is 2. The van der Waals surface area contributed by atoms with Gasteiger partial charge in [-0.3, -0.25) is 0 Å². The molecular formula is C18H31N3. The molecule has 1 aromatic carbocycles. The normalized spacial score (nSPS) is 17.8. The van der Waals surface area contributed by atoms with E-state index in [9.17, 15) is 0 Å². The van der Waals surface area contributed by atoms with Crippen LogP contribution >= 0.6 is 0 Å². The molecule has 2 rings (SSSR count). The summed E-state index contributed by atoms with van der Waals surface area (Å²) in [6.07, 6.45) is 6.26. The fourth-order valence-electron chi connectivity index (χ4n) is 3.06. The molecule has 0 atom stereocenters. The zero-order chi connectivity index (χ0) is 14.8. The molecular weight excluding hydrogens is 258 g/mol. The third-order valence-electron chi connectivity index (χ3n) is 4.42. The van der Waals surface area contributed by atoms with Crippen LogP contribution in [0.2, 0.25) is 0 Å². The molecule has 2 N–H and O–H groups in total. The lowest BCUT2D eigenvalue weighted by Gasteiger charge is -2.21. The number of nitrogens with two attached hydrogens (primary N) is 1. The number of rotatable bonds is 8. The van der Waals surface area contributed by atoms with Gasteiger partial charge in [-0.1, -0.05) is 36.8 Å². The molecule has 1 aromatic rings. The van der Waals surface area contributed by atoms with Gasteiger partial charge in [0.2, 0.25) is 0 Å². The lowest BCUT2D eigenvalue weighted by atomic mass is 10.1. The molecule has 118 valence electrons. The van der Waals surface area contributed by atoms with E-state index in [-0.39, 0.29) is 0 Å². The van der Waals surface area contributed by atoms with Crippen LogP contribution in [0.3, 0.4) is 0 Å². The highest BCUT2D eigenvalue weighted by Crippen LogP contribution is 2.07. The van der Waals surface area contributed by atoms with Gasteiger partial charge in [0, 0.05) is 19.6 Å². The fraction of sp³-hybridized carbons (Fsp3) is 0.667. The summed E-state index contributed by atoms with van der Waals surface area (Å²) in [6, 6.07) is 10.8. The topological polar surface area (TPSA) is 32.5 Å². The van der Waals surface area contributed by atoms with Gasteiger partial charge in [0.05, 0.1) is 0 Å². The first kappa shape index (κ1) is 16.5. The Morgan fingerprint density at radius 1 is 0.810 bits per heavy atom. The Hall–Kier alpha value is -0.900. The predicted octanol–water partition coefficient (Wildman–Crippen LogP) is 2.37. The van der Waals surface area contributed by atoms with Crippen molar-refractivity contribution < 1.29 is 0 Å². The summed E-state index contributed by atoms with van der Waals surface area (Å²) in [5.74, 6) is 0. The molecule has 0 saturated carbocycles. The maximum atomic E-state index is 5.55. The van der Waals surface area contributed by atoms with E-state index in [4.69, 9.17) is 5.73 Å². The minimum atomic E-state index is 0.841. The van der Waals surface area contributed by atoms with Crippen molar-refractivity contribution in [2.24, 2.45) is 5.73 Å². The van der Waals surface area contributed by atoms with E-state index >= 15 is 0 Å². The van der Waals surface area contributed by atoms with E-state index in [2.05, 4.69) is 40.1 Å². The fourth-order valence-corrected chi connectivity index (χ4v) is 3.06. The van der Waals surface area contributed by atoms with Crippen molar-refractivity contribution in [3.05, 3.63) is 35.9 Å². The summed E-state index contributed by atoms with van der Waals surface area (Å²) >= 11 is 0. The molecule has 0 aromatic heterocycles. The van der Waals surface area contributed by atoms with Crippen LogP contribution in [0.4, 0.5) is 0 Å². The van der Waals surface area contributed by atoms with Crippen molar-refractivity contribution in [3.63, 3.8) is 0 Å². The molecule has 1 aliphatic heterocycles. The summed E-state index contributed by atoms with van der Waals surface area (Å²) in [7, 11) is 0. The minimum Gasteiger partial charge on any atom is -0.330 e. The van der Waals surface area contributed by atoms with Crippen LogP contribution in [0.5, 0.6) is 0 Å². The van der Waals surface area contributed by atoms with Crippen molar-refractivity contribution in [1.29, 1.82) is 0 Å². The van der Waals surface area contributed by atoms with Gasteiger partial charge in [-0.2, -0.15) is 0 Å². The predicted molar refractivity (Wildman–Crippen MR) is 90.5 cm³/mol. The number of hydrogen-bond acceptors (Lipinski definition) is 3. The highest BCUT2D eigenvalue weighted by atomic mass is 15.2. The molecule has 0 bridgehead atoms. The number of benzene rings is 1. The van der Waals surface area contributed by atoms with E-state index in [0.29, 0.717) is 0 Å². The smallest absolute Gasteiger partial charge is 0.0109 e. The molecule has 3 heteroatoms. The Bertz CT molecular complexity index is 366. The summed E-state index contributed by atoms with van der Waals surface area (Å²) in [5.41, 5.74) is 7.01. The first-order valence-electron chi connectivity index (χ1n) is 8.57. The third-order valence-corrected chi connectivity index (χ3v) is 4.42. The summed E-state index contributed by atoms with van der Waals surface area (Å²) in [4.78, 5) is 5.27. The zero-order valence-electron chi connectivity index (χ0n) is 13.3. The van der Waals surface area contributed by atoms with Crippen LogP contribution in [-0.4, -0.2) is 55.6 Å². The van der Waals surface area contributed by atoms with Gasteiger partial charge < -0.3 is 15.5 Å². The third kappa shape index (κ3) is 6.60. The second kappa shape index (κ2) is 9.93. The van der Waals surface area contributed by atoms with Crippen molar-refractivity contribution >= 4 is 0 Å². The summed E-state index contributed by atoms with van der Waals surface area (Å²) < 4.78 is 0. The van der Waals surface area contributed by atoms with Gasteiger partial charge in [-0.25, -0.2) is 0 Å². The van der Waals surface area contributed by atoms with Crippen molar-refractivity contribution in [1.82, 2.24) is 9.80 Å². The monoisotopic (exact) mass is 289 g/mol. The molecule has 0 unspecified atom stereocenters. The van der Waals surface area contributed by atoms with Crippen LogP contribution in [0.1, 0.15) is 31.2 Å². The van der Waals surface area contributed by atoms with Gasteiger partial charge in [-0.15, -0.1) is 0 Å². The average Bonchev–Trinajstić information content (AvgIpc) is 2.76. The standard InChI is InChI=1S/C18H31N3/c19-11-5-2-6-12-20-13-7-14-21(17-16-20)15-10-18-8-3-1-4-9-18/h1,3-4,8-9H,2,5-7,10-17,19H2. The Balaban J connectivity index is 1.64. The van der Waals surface area contributed by atoms with E-state index < -0.39 is 0 Å². The molecule has 0 aliphatic carbocycles. The lowest BCUT2D eigenvalue weighted by Crippen LogP contribution is -2.32. The van der Waals surface area contributed by atoms with Crippen molar-refractivity contribution in [2.75, 3.05) is 45.8 Å². The van der Waals surface area contributed by atoms with Crippen LogP contribution in [0.15, 0.2) is 30.3 Å². The molecule has 0 amide bonds. The van der Waals surface area contributed by atoms with Crippen molar-refractivity contribution in [3.8, 4) is 0 Å². The van der Waals surface area contributed by atoms with Gasteiger partial charge in [0.15, 0.2) is 0 Å². The van der Waals surface area contributed by atoms with Crippen molar-refractivity contribution in [2.45, 2.75) is 32.1 Å². The molecule has 1 saturated heterocycles. The summed E-state index contributed by atoms with van der Waals surface area (Å²) in [6.45, 7) is 8.28. The minimum absolute atomic E-state index is 0.841. The first-order valence-corrected chi connectivity index (χ1v) is 8.57. The molecule has 1 aliphatic rings. The van der Waals surface area contributed by atoms with E-state index in [0.717, 1.165) is 6.54 Å². The van der Waals surface area contributed by atoms with Gasteiger partial charge >= 0.3 is 0 Å². The van der Waals surface area contributed by atoms with Crippen LogP contribution < -0.4 is 5.73 Å². The average molecular weight is 289 g/mol. The van der Waals surface area contributed by atoms with Gasteiger partial charge in [-0.05, 0) is 57.4 Å². The van der Waals surface area contributed by atoms with E-state index in [1.807, 2.05) is 0 Å². The Morgan fingerprint density at radius 2 is 1.52 bits per heavy atom. The zero-order valence-corrected chi connectivity index (χ0v) is 13.3. The maximum Gasteiger partial charge on any atom is 0.0109 e. The highest BCUT2D eigenvalue weighted by molar-refractivity contribution is 5.14. The van der Waals surface area contributed by atoms with E-state index in [1.54, 1.807) is 0 Å². The quantitative estimate of drug-likeness (QED) is 0.746. The Kier molecular flexibility index (Phi) is 7.79. The molecule has 21 heavy (non-hydrogen) atoms. The molecule has 0 radical (unpaired) electrons. The summed E-state index contributed by atoms with van der Waals surface area (Å²) in [5, 5.41) is 0. The highest BCUT2D eigenvalue weighted by Gasteiger charge is 2.14. The number of hydrogen-bond donors (Lipinski definition) is 1. The molecule has 1 heterocycles. The Morgan fingerprint density at radius 3 is 2.24 bits per heavy atom. The SMILES string of the molecule is NCCCCCN1CCCN(CCc2ccccc2)CC1. The van der Waals surface area contributed by atoms with Crippen LogP contribution in [0, 0.1) is 0 Å². The van der Waals surface area contributed by atoms with Crippen LogP contribution in [-0.2, 0) is 6.42 Å². The Labute approximate surface area is 130 Å². The van der Waals surface area contributed by atoms with E-state index in [1.165, 1.54) is 76.9 Å².